The Bertz CT molecular complexity index is 1180. The van der Waals surface area contributed by atoms with E-state index in [2.05, 4.69) is 32.4 Å². The molecule has 0 spiro atoms. The Morgan fingerprint density at radius 3 is 2.55 bits per heavy atom. The number of carbonyl (C=O) groups excluding carboxylic acids is 1. The van der Waals surface area contributed by atoms with Crippen LogP contribution in [0.1, 0.15) is 34.3 Å². The molecular weight excluding hydrogens is 388 g/mol. The van der Waals surface area contributed by atoms with E-state index in [0.29, 0.717) is 18.7 Å². The minimum Gasteiger partial charge on any atom is -0.356 e. The number of benzene rings is 2. The zero-order valence-corrected chi connectivity index (χ0v) is 17.2. The first kappa shape index (κ1) is 19.2. The number of nitrogens with zero attached hydrogens (tertiary/aromatic N) is 5. The van der Waals surface area contributed by atoms with Crippen LogP contribution in [0.15, 0.2) is 67.3 Å². The highest BCUT2D eigenvalue weighted by atomic mass is 16.1. The van der Waals surface area contributed by atoms with Gasteiger partial charge < -0.3 is 10.2 Å². The second-order valence-electron chi connectivity index (χ2n) is 7.84. The van der Waals surface area contributed by atoms with Crippen molar-refractivity contribution < 1.29 is 4.79 Å². The monoisotopic (exact) mass is 412 g/mol. The van der Waals surface area contributed by atoms with Gasteiger partial charge in [0, 0.05) is 25.0 Å². The van der Waals surface area contributed by atoms with Crippen molar-refractivity contribution in [1.29, 1.82) is 0 Å². The molecule has 3 heterocycles. The van der Waals surface area contributed by atoms with Gasteiger partial charge in [0.2, 0.25) is 0 Å². The van der Waals surface area contributed by atoms with Gasteiger partial charge in [-0.05, 0) is 36.1 Å². The summed E-state index contributed by atoms with van der Waals surface area (Å²) in [5, 5.41) is 8.18. The van der Waals surface area contributed by atoms with Crippen LogP contribution in [0.4, 0.5) is 5.82 Å². The Hall–Kier alpha value is -3.74. The summed E-state index contributed by atoms with van der Waals surface area (Å²) in [5.41, 5.74) is 3.75. The molecule has 1 fully saturated rings. The molecule has 0 unspecified atom stereocenters. The normalized spacial score (nSPS) is 13.6. The van der Waals surface area contributed by atoms with E-state index < -0.39 is 0 Å². The zero-order chi connectivity index (χ0) is 21.0. The summed E-state index contributed by atoms with van der Waals surface area (Å²) in [5.74, 6) is 0.698. The van der Waals surface area contributed by atoms with Gasteiger partial charge in [0.05, 0.1) is 17.6 Å². The first-order valence-electron chi connectivity index (χ1n) is 10.6. The summed E-state index contributed by atoms with van der Waals surface area (Å²) in [6, 6.07) is 18.1. The molecule has 0 bridgehead atoms. The molecule has 0 aliphatic carbocycles. The van der Waals surface area contributed by atoms with Crippen molar-refractivity contribution in [3.05, 3.63) is 83.9 Å². The third-order valence-electron chi connectivity index (χ3n) is 5.64. The maximum absolute atomic E-state index is 13.1. The van der Waals surface area contributed by atoms with E-state index in [0.717, 1.165) is 53.8 Å². The number of rotatable bonds is 6. The largest absolute Gasteiger partial charge is 0.356 e. The van der Waals surface area contributed by atoms with Gasteiger partial charge in [0.25, 0.3) is 5.91 Å². The number of fused-ring (bicyclic) bond motifs is 1. The maximum atomic E-state index is 13.1. The lowest BCUT2D eigenvalue weighted by atomic mass is 10.1. The number of pyridine rings is 1. The lowest BCUT2D eigenvalue weighted by Crippen LogP contribution is -2.28. The van der Waals surface area contributed by atoms with Gasteiger partial charge in [-0.25, -0.2) is 14.6 Å². The number of aromatic nitrogens is 4. The van der Waals surface area contributed by atoms with Crippen LogP contribution in [0.5, 0.6) is 0 Å². The molecule has 156 valence electrons. The summed E-state index contributed by atoms with van der Waals surface area (Å²) >= 11 is 0. The predicted molar refractivity (Wildman–Crippen MR) is 120 cm³/mol. The number of anilines is 1. The van der Waals surface area contributed by atoms with Crippen molar-refractivity contribution in [2.24, 2.45) is 0 Å². The van der Waals surface area contributed by atoms with Gasteiger partial charge >= 0.3 is 0 Å². The van der Waals surface area contributed by atoms with Crippen molar-refractivity contribution in [2.45, 2.75) is 25.9 Å². The Labute approximate surface area is 180 Å². The average Bonchev–Trinajstić information content (AvgIpc) is 3.52. The van der Waals surface area contributed by atoms with Crippen LogP contribution in [0.25, 0.3) is 10.9 Å². The number of hydrogen-bond donors (Lipinski definition) is 1. The lowest BCUT2D eigenvalue weighted by Gasteiger charge is -2.20. The molecule has 0 saturated carbocycles. The number of hydrogen-bond acceptors (Lipinski definition) is 5. The number of carbonyl (C=O) groups is 1. The molecule has 0 atom stereocenters. The third kappa shape index (κ3) is 4.26. The summed E-state index contributed by atoms with van der Waals surface area (Å²) in [6.45, 7) is 3.03. The smallest absolute Gasteiger partial charge is 0.255 e. The Morgan fingerprint density at radius 1 is 1.00 bits per heavy atom. The minimum absolute atomic E-state index is 0.0909. The van der Waals surface area contributed by atoms with Gasteiger partial charge in [0.1, 0.15) is 18.5 Å². The van der Waals surface area contributed by atoms with Gasteiger partial charge in [-0.1, -0.05) is 42.5 Å². The highest BCUT2D eigenvalue weighted by Crippen LogP contribution is 2.26. The average molecular weight is 412 g/mol. The second-order valence-corrected chi connectivity index (χ2v) is 7.84. The lowest BCUT2D eigenvalue weighted by molar-refractivity contribution is 0.0951. The van der Waals surface area contributed by atoms with E-state index >= 15 is 0 Å². The SMILES string of the molecule is O=C(NCc1ccc(Cn2cncn2)cc1)c1cc2ccccc2nc1N1CCCC1. The minimum atomic E-state index is -0.0909. The Morgan fingerprint density at radius 2 is 1.77 bits per heavy atom. The molecule has 2 aromatic carbocycles. The van der Waals surface area contributed by atoms with Crippen LogP contribution in [0.3, 0.4) is 0 Å². The van der Waals surface area contributed by atoms with Crippen LogP contribution in [-0.2, 0) is 13.1 Å². The molecule has 5 rings (SSSR count). The molecule has 1 N–H and O–H groups in total. The zero-order valence-electron chi connectivity index (χ0n) is 17.2. The van der Waals surface area contributed by atoms with Crippen LogP contribution in [0.2, 0.25) is 0 Å². The van der Waals surface area contributed by atoms with E-state index in [1.165, 1.54) is 6.33 Å². The molecule has 2 aromatic heterocycles. The molecule has 1 aliphatic heterocycles. The molecule has 7 nitrogen and oxygen atoms in total. The molecule has 4 aromatic rings. The quantitative estimate of drug-likeness (QED) is 0.525. The fourth-order valence-corrected chi connectivity index (χ4v) is 3.98. The van der Waals surface area contributed by atoms with Crippen molar-refractivity contribution in [1.82, 2.24) is 25.1 Å². The van der Waals surface area contributed by atoms with E-state index in [1.54, 1.807) is 11.0 Å². The molecular formula is C24H24N6O. The fourth-order valence-electron chi connectivity index (χ4n) is 3.98. The van der Waals surface area contributed by atoms with E-state index in [9.17, 15) is 4.79 Å². The van der Waals surface area contributed by atoms with E-state index in [-0.39, 0.29) is 5.91 Å². The van der Waals surface area contributed by atoms with Gasteiger partial charge in [-0.2, -0.15) is 5.10 Å². The molecule has 1 amide bonds. The number of para-hydroxylation sites is 1. The Balaban J connectivity index is 1.32. The van der Waals surface area contributed by atoms with Crippen LogP contribution in [-0.4, -0.2) is 38.7 Å². The molecule has 31 heavy (non-hydrogen) atoms. The van der Waals surface area contributed by atoms with Gasteiger partial charge in [0.15, 0.2) is 0 Å². The van der Waals surface area contributed by atoms with Crippen molar-refractivity contribution in [2.75, 3.05) is 18.0 Å². The second kappa shape index (κ2) is 8.55. The molecule has 1 aliphatic rings. The van der Waals surface area contributed by atoms with Crippen molar-refractivity contribution in [3.8, 4) is 0 Å². The van der Waals surface area contributed by atoms with Gasteiger partial charge in [-0.15, -0.1) is 0 Å². The Kier molecular flexibility index (Phi) is 5.31. The van der Waals surface area contributed by atoms with Crippen LogP contribution < -0.4 is 10.2 Å². The first-order chi connectivity index (χ1) is 15.3. The summed E-state index contributed by atoms with van der Waals surface area (Å²) < 4.78 is 1.78. The molecule has 7 heteroatoms. The van der Waals surface area contributed by atoms with Crippen LogP contribution in [0, 0.1) is 0 Å². The van der Waals surface area contributed by atoms with E-state index in [4.69, 9.17) is 4.98 Å². The van der Waals surface area contributed by atoms with Crippen molar-refractivity contribution >= 4 is 22.6 Å². The standard InChI is InChI=1S/C24H24N6O/c31-24(26-14-18-7-9-19(10-8-18)15-30-17-25-16-27-30)21-13-20-5-1-2-6-22(20)28-23(21)29-11-3-4-12-29/h1-2,5-10,13,16-17H,3-4,11-12,14-15H2,(H,26,31). The number of nitrogens with one attached hydrogen (secondary N) is 1. The van der Waals surface area contributed by atoms with Gasteiger partial charge in [-0.3, -0.25) is 4.79 Å². The maximum Gasteiger partial charge on any atom is 0.255 e. The molecule has 0 radical (unpaired) electrons. The topological polar surface area (TPSA) is 75.9 Å². The highest BCUT2D eigenvalue weighted by Gasteiger charge is 2.22. The number of amides is 1. The fraction of sp³-hybridized carbons (Fsp3) is 0.250. The third-order valence-corrected chi connectivity index (χ3v) is 5.64. The molecule has 1 saturated heterocycles. The van der Waals surface area contributed by atoms with Crippen LogP contribution >= 0.6 is 0 Å². The highest BCUT2D eigenvalue weighted by molar-refractivity contribution is 6.02. The predicted octanol–water partition coefficient (Wildman–Crippen LogP) is 3.40. The summed E-state index contributed by atoms with van der Waals surface area (Å²) in [7, 11) is 0. The van der Waals surface area contributed by atoms with E-state index in [1.807, 2.05) is 42.5 Å². The van der Waals surface area contributed by atoms with Crippen molar-refractivity contribution in [3.63, 3.8) is 0 Å². The summed E-state index contributed by atoms with van der Waals surface area (Å²) in [4.78, 5) is 24.1. The first-order valence-corrected chi connectivity index (χ1v) is 10.6. The summed E-state index contributed by atoms with van der Waals surface area (Å²) in [6.07, 6.45) is 5.50.